The molecule has 12 aromatic rings. The number of hydrogen-bond donors (Lipinski definition) is 5. The Labute approximate surface area is 734 Å². The smallest absolute Gasteiger partial charge is 0.480 e. The Morgan fingerprint density at radius 1 is 0.458 bits per heavy atom. The number of carboxylic acids is 1. The van der Waals surface area contributed by atoms with E-state index in [0.29, 0.717) is 11.1 Å². The molecule has 0 spiro atoms. The number of nitrogens with one attached hydrogen (secondary N) is 3. The van der Waals surface area contributed by atoms with Gasteiger partial charge < -0.3 is 72.6 Å². The van der Waals surface area contributed by atoms with Crippen LogP contribution in [0.15, 0.2) is 141 Å². The van der Waals surface area contributed by atoms with Gasteiger partial charge in [0.25, 0.3) is 17.7 Å². The summed E-state index contributed by atoms with van der Waals surface area (Å²) < 4.78 is 319. The second-order valence-electron chi connectivity index (χ2n) is 26.7. The molecule has 9 aromatic heterocycles. The number of pyridine rings is 6. The molecular formula is C81H66ClF18N9O21S. The van der Waals surface area contributed by atoms with E-state index in [0.717, 1.165) is 62.3 Å². The minimum atomic E-state index is -6.15. The predicted molar refractivity (Wildman–Crippen MR) is 424 cm³/mol. The summed E-state index contributed by atoms with van der Waals surface area (Å²) in [6.45, 7) is -2.38. The highest BCUT2D eigenvalue weighted by Crippen LogP contribution is 2.45. The highest BCUT2D eigenvalue weighted by Gasteiger charge is 2.49. The van der Waals surface area contributed by atoms with Gasteiger partial charge in [-0.05, 0) is 129 Å². The number of methoxy groups -OCH3 is 4. The van der Waals surface area contributed by atoms with Crippen molar-refractivity contribution in [2.75, 3.05) is 75.9 Å². The van der Waals surface area contributed by atoms with Crippen molar-refractivity contribution in [3.8, 4) is 96.8 Å². The van der Waals surface area contributed by atoms with Crippen LogP contribution in [0.5, 0.6) is 29.4 Å². The summed E-state index contributed by atoms with van der Waals surface area (Å²) >= 11 is 6.41. The number of amides is 3. The zero-order valence-corrected chi connectivity index (χ0v) is 69.7. The molecular weight excluding hydrogens is 1840 g/mol. The van der Waals surface area contributed by atoms with Gasteiger partial charge in [0.15, 0.2) is 26.4 Å². The molecule has 0 unspecified atom stereocenters. The number of benzene rings is 3. The molecule has 9 heterocycles. The number of halogens is 19. The van der Waals surface area contributed by atoms with Gasteiger partial charge in [-0.2, -0.15) is 84.2 Å². The van der Waals surface area contributed by atoms with Crippen LogP contribution in [0.2, 0.25) is 5.15 Å². The number of carbonyl (C=O) groups excluding carboxylic acids is 5. The Morgan fingerprint density at radius 2 is 0.771 bits per heavy atom. The van der Waals surface area contributed by atoms with Crippen LogP contribution in [0.3, 0.4) is 0 Å². The van der Waals surface area contributed by atoms with E-state index in [1.165, 1.54) is 114 Å². The third-order valence-corrected chi connectivity index (χ3v) is 18.4. The number of furan rings is 3. The number of aromatic nitrogens is 6. The van der Waals surface area contributed by atoms with Gasteiger partial charge in [0, 0.05) is 89.8 Å². The van der Waals surface area contributed by atoms with Gasteiger partial charge in [-0.25, -0.2) is 47.5 Å². The average Bonchev–Trinajstić information content (AvgIpc) is 1.60. The Kier molecular flexibility index (Phi) is 31.3. The van der Waals surface area contributed by atoms with Gasteiger partial charge in [-0.15, -0.1) is 0 Å². The number of carbonyl (C=O) groups is 6. The topological polar surface area (TPSA) is 404 Å². The molecule has 12 rings (SSSR count). The van der Waals surface area contributed by atoms with Crippen LogP contribution in [-0.4, -0.2) is 196 Å². The fourth-order valence-electron chi connectivity index (χ4n) is 10.8. The summed E-state index contributed by atoms with van der Waals surface area (Å²) in [4.78, 5) is 99.2. The minimum absolute atomic E-state index is 0.0140. The molecule has 0 aliphatic rings. The molecule has 30 nitrogen and oxygen atoms in total. The Morgan fingerprint density at radius 3 is 1.08 bits per heavy atom. The lowest BCUT2D eigenvalue weighted by Crippen LogP contribution is -2.29. The number of nitrogens with zero attached hydrogens (tertiary/aromatic N) is 6. The third-order valence-electron chi connectivity index (χ3n) is 17.1. The lowest BCUT2D eigenvalue weighted by molar-refractivity contribution is -0.161. The maximum atomic E-state index is 13.5. The van der Waals surface area contributed by atoms with Crippen LogP contribution in [0, 0.1) is 17.5 Å². The first-order valence-electron chi connectivity index (χ1n) is 37.8. The third kappa shape index (κ3) is 26.6. The number of hydrogen-bond acceptors (Lipinski definition) is 26. The second-order valence-corrected chi connectivity index (χ2v) is 28.7. The van der Waals surface area contributed by atoms with Crippen molar-refractivity contribution in [1.29, 1.82) is 0 Å². The molecule has 0 saturated heterocycles. The van der Waals surface area contributed by atoms with E-state index in [4.69, 9.17) is 57.8 Å². The molecule has 0 aliphatic carbocycles. The van der Waals surface area contributed by atoms with E-state index in [2.05, 4.69) is 59.5 Å². The van der Waals surface area contributed by atoms with Gasteiger partial charge in [-0.3, -0.25) is 18.6 Å². The van der Waals surface area contributed by atoms with Gasteiger partial charge in [-0.1, -0.05) is 18.5 Å². The van der Waals surface area contributed by atoms with Crippen molar-refractivity contribution in [1.82, 2.24) is 45.9 Å². The first kappa shape index (κ1) is 97.5. The molecule has 0 saturated carbocycles. The number of alkyl halides is 15. The van der Waals surface area contributed by atoms with Crippen molar-refractivity contribution >= 4 is 90.6 Å². The fraction of sp³-hybridized carbons (Fsp3) is 0.259. The van der Waals surface area contributed by atoms with Gasteiger partial charge in [0.2, 0.25) is 46.5 Å². The summed E-state index contributed by atoms with van der Waals surface area (Å²) in [6.07, 6.45) is -15.1. The molecule has 0 fully saturated rings. The molecule has 0 atom stereocenters. The van der Waals surface area contributed by atoms with Crippen LogP contribution in [0.1, 0.15) is 93.5 Å². The number of carboxylic acid groups (broad SMARTS) is 1. The number of rotatable bonds is 23. The molecule has 50 heteroatoms. The van der Waals surface area contributed by atoms with E-state index in [9.17, 15) is 121 Å². The molecule has 5 N–H and O–H groups in total. The van der Waals surface area contributed by atoms with Crippen molar-refractivity contribution in [2.24, 2.45) is 0 Å². The summed E-state index contributed by atoms with van der Waals surface area (Å²) in [5.41, 5.74) is -7.03. The molecule has 3 amide bonds. The summed E-state index contributed by atoms with van der Waals surface area (Å²) in [7, 11) is -1.49. The maximum absolute atomic E-state index is 13.5. The first-order chi connectivity index (χ1) is 62.3. The van der Waals surface area contributed by atoms with Crippen molar-refractivity contribution in [2.45, 2.75) is 63.0 Å². The predicted octanol–water partition coefficient (Wildman–Crippen LogP) is 17.5. The van der Waals surface area contributed by atoms with Crippen molar-refractivity contribution in [3.05, 3.63) is 184 Å². The standard InChI is InChI=1S/C26H18F7N3O6.C24H17F4N3O6.C23H17ClFN3O5.C5H12O.C3H2F6O3S/c1-34-20(37)18-16-8-15(13-7-17(21(39-2)35-9-13)24(38)41-11-26(31,32)33)22(40-10-25(28,29)30)36-23(16)42-19(18)12-3-5-14(27)6-4-12;1-29-19(32)17-15-8-14(12-7-16(23(33)34)20(35-2)30-9-12)21(36-10-24(26,27)28)31-22(15)37-18(17)11-3-5-13(25)6-4-11;1-26-20(29)17-15-9-14(12-8-16(23(30)32-3)21(31-2)27-10-12)19(24)28-22(15)33-18(17)11-4-6-13(25)7-5-11;1-4-5(2,3)6;4-2(5,6)1-12-13(10,11)3(7,8)9/h3-9H,10-11H2,1-2H3,(H,34,37);3-9H,10H2,1-2H3,(H,29,32)(H,33,34);4-10H,1-3H3,(H,26,29);6H,4H2,1-3H3;1H2/i;;3D3;;. The Bertz CT molecular complexity index is 6440. The molecule has 700 valence electrons. The number of aliphatic hydroxyl groups is 1. The van der Waals surface area contributed by atoms with Crippen LogP contribution in [-0.2, 0) is 23.8 Å². The Balaban J connectivity index is 0.000000225. The lowest BCUT2D eigenvalue weighted by Gasteiger charge is -2.14. The molecule has 131 heavy (non-hydrogen) atoms. The monoisotopic (exact) mass is 1910 g/mol. The van der Waals surface area contributed by atoms with Crippen LogP contribution in [0.4, 0.5) is 79.0 Å². The van der Waals surface area contributed by atoms with E-state index < -0.39 is 156 Å². The zero-order valence-electron chi connectivity index (χ0n) is 71.1. The van der Waals surface area contributed by atoms with Gasteiger partial charge >= 0.3 is 58.2 Å². The summed E-state index contributed by atoms with van der Waals surface area (Å²) in [5.74, 6) is -9.46. The van der Waals surface area contributed by atoms with E-state index in [1.54, 1.807) is 13.8 Å². The average molecular weight is 1910 g/mol. The summed E-state index contributed by atoms with van der Waals surface area (Å²) in [5, 5.41) is 26.0. The van der Waals surface area contributed by atoms with Gasteiger partial charge in [0.05, 0.1) is 70.9 Å². The summed E-state index contributed by atoms with van der Waals surface area (Å²) in [6, 6.07) is 22.5. The minimum Gasteiger partial charge on any atom is -0.480 e. The first-order valence-corrected chi connectivity index (χ1v) is 38.0. The maximum Gasteiger partial charge on any atom is 0.523 e. The lowest BCUT2D eigenvalue weighted by atomic mass is 10.0. The van der Waals surface area contributed by atoms with E-state index in [-0.39, 0.29) is 134 Å². The molecule has 3 aromatic carbocycles. The number of aromatic carboxylic acids is 1. The molecule has 0 bridgehead atoms. The second kappa shape index (κ2) is 42.0. The number of esters is 2. The van der Waals surface area contributed by atoms with Crippen molar-refractivity contribution in [3.63, 3.8) is 0 Å². The SMILES string of the molecule is CCC(C)(C)O.CNC(=O)c1c(-c2ccc(F)cc2)oc2nc(OCC(F)(F)F)c(-c3cnc(OC)c(C(=O)O)c3)cc12.CNC(=O)c1c(-c2ccc(F)cc2)oc2nc(OCC(F)(F)F)c(-c3cnc(OC)c(C(=O)OCC(F)(F)F)c3)cc12.O=S(=O)(OCC(F)(F)F)C(F)(F)F.[2H]C([2H])([2H])OC(=O)c1cc(-c2cc3c(C(=O)NC)c(-c4ccc(F)cc4)oc3nc2Cl)cnc1OC. The normalized spacial score (nSPS) is 12.2. The van der Waals surface area contributed by atoms with Crippen LogP contribution < -0.4 is 39.6 Å². The highest BCUT2D eigenvalue weighted by atomic mass is 35.5. The molecule has 0 radical (unpaired) electrons. The van der Waals surface area contributed by atoms with E-state index in [1.807, 2.05) is 6.92 Å². The number of fused-ring (bicyclic) bond motifs is 3. The Hall–Kier alpha value is -14.1. The van der Waals surface area contributed by atoms with E-state index >= 15 is 0 Å². The number of ether oxygens (including phenoxy) is 7. The molecule has 0 aliphatic heterocycles. The quantitative estimate of drug-likeness (QED) is 0.0130. The fourth-order valence-corrected chi connectivity index (χ4v) is 11.5. The van der Waals surface area contributed by atoms with Gasteiger partial charge in [0.1, 0.15) is 56.6 Å². The highest BCUT2D eigenvalue weighted by molar-refractivity contribution is 7.87. The largest absolute Gasteiger partial charge is 0.523 e. The van der Waals surface area contributed by atoms with Crippen molar-refractivity contribution < 1.29 is 181 Å². The zero-order chi connectivity index (χ0) is 100. The van der Waals surface area contributed by atoms with Crippen LogP contribution >= 0.6 is 11.6 Å². The van der Waals surface area contributed by atoms with Crippen LogP contribution in [0.25, 0.3) is 101 Å².